The van der Waals surface area contributed by atoms with Crippen molar-refractivity contribution in [3.63, 3.8) is 0 Å². The Morgan fingerprint density at radius 2 is 2.00 bits per heavy atom. The van der Waals surface area contributed by atoms with Crippen LogP contribution in [-0.2, 0) is 5.60 Å². The van der Waals surface area contributed by atoms with Crippen LogP contribution in [0.25, 0.3) is 0 Å². The number of β-amino-alcohol motifs (C(OH)–C–C–N with tert-alkyl or cyclic N) is 1. The molecule has 1 saturated heterocycles. The largest absolute Gasteiger partial charge is 0.393 e. The number of hydrogen-bond acceptors (Lipinski definition) is 3. The second-order valence-electron chi connectivity index (χ2n) is 5.90. The molecule has 106 valence electrons. The van der Waals surface area contributed by atoms with Crippen molar-refractivity contribution in [1.82, 2.24) is 4.90 Å². The van der Waals surface area contributed by atoms with Crippen LogP contribution < -0.4 is 0 Å². The Kier molecular flexibility index (Phi) is 4.61. The van der Waals surface area contributed by atoms with Gasteiger partial charge in [-0.1, -0.05) is 37.3 Å². The van der Waals surface area contributed by atoms with E-state index in [-0.39, 0.29) is 6.10 Å². The average molecular weight is 263 g/mol. The van der Waals surface area contributed by atoms with Gasteiger partial charge in [0.25, 0.3) is 0 Å². The number of likely N-dealkylation sites (tertiary alicyclic amines) is 1. The first-order chi connectivity index (χ1) is 9.03. The van der Waals surface area contributed by atoms with Crippen LogP contribution >= 0.6 is 0 Å². The molecule has 1 aliphatic heterocycles. The molecule has 2 N–H and O–H groups in total. The highest BCUT2D eigenvalue weighted by molar-refractivity contribution is 5.21. The molecule has 0 aromatic heterocycles. The van der Waals surface area contributed by atoms with Gasteiger partial charge in [0, 0.05) is 19.6 Å². The minimum Gasteiger partial charge on any atom is -0.393 e. The van der Waals surface area contributed by atoms with E-state index in [4.69, 9.17) is 0 Å². The number of rotatable bonds is 4. The normalized spacial score (nSPS) is 28.0. The summed E-state index contributed by atoms with van der Waals surface area (Å²) in [5, 5.41) is 20.6. The molecule has 3 unspecified atom stereocenters. The summed E-state index contributed by atoms with van der Waals surface area (Å²) in [5.74, 6) is 0.334. The number of nitrogens with zero attached hydrogens (tertiary/aromatic N) is 1. The minimum atomic E-state index is -0.832. The third kappa shape index (κ3) is 3.56. The van der Waals surface area contributed by atoms with E-state index in [0.717, 1.165) is 31.5 Å². The molecule has 1 heterocycles. The first-order valence-electron chi connectivity index (χ1n) is 7.21. The molecule has 2 rings (SSSR count). The zero-order chi connectivity index (χ0) is 13.9. The molecule has 0 aliphatic carbocycles. The van der Waals surface area contributed by atoms with Crippen LogP contribution in [0.1, 0.15) is 32.3 Å². The predicted octanol–water partition coefficient (Wildman–Crippen LogP) is 1.99. The predicted molar refractivity (Wildman–Crippen MR) is 76.9 cm³/mol. The first-order valence-corrected chi connectivity index (χ1v) is 7.21. The first kappa shape index (κ1) is 14.5. The van der Waals surface area contributed by atoms with E-state index in [1.807, 2.05) is 37.3 Å². The van der Waals surface area contributed by atoms with Gasteiger partial charge in [-0.2, -0.15) is 0 Å². The van der Waals surface area contributed by atoms with Crippen molar-refractivity contribution in [2.45, 2.75) is 38.4 Å². The Labute approximate surface area is 115 Å². The standard InChI is InChI=1S/C16H25NO2/c1-3-13-11-17(10-9-15(13)18)12-16(2,19)14-7-5-4-6-8-14/h4-8,13,15,18-19H,3,9-12H2,1-2H3. The fraction of sp³-hybridized carbons (Fsp3) is 0.625. The van der Waals surface area contributed by atoms with Crippen molar-refractivity contribution >= 4 is 0 Å². The summed E-state index contributed by atoms with van der Waals surface area (Å²) < 4.78 is 0. The summed E-state index contributed by atoms with van der Waals surface area (Å²) >= 11 is 0. The summed E-state index contributed by atoms with van der Waals surface area (Å²) in [5.41, 5.74) is 0.121. The molecule has 0 saturated carbocycles. The zero-order valence-corrected chi connectivity index (χ0v) is 11.9. The van der Waals surface area contributed by atoms with Gasteiger partial charge < -0.3 is 10.2 Å². The summed E-state index contributed by atoms with van der Waals surface area (Å²) in [6, 6.07) is 9.81. The molecule has 1 fully saturated rings. The Morgan fingerprint density at radius 3 is 2.63 bits per heavy atom. The van der Waals surface area contributed by atoms with Crippen LogP contribution in [0, 0.1) is 5.92 Å². The molecule has 1 aromatic rings. The van der Waals surface area contributed by atoms with E-state index in [2.05, 4.69) is 11.8 Å². The smallest absolute Gasteiger partial charge is 0.0994 e. The van der Waals surface area contributed by atoms with Crippen LogP contribution in [0.5, 0.6) is 0 Å². The SMILES string of the molecule is CCC1CN(CC(C)(O)c2ccccc2)CCC1O. The van der Waals surface area contributed by atoms with Crippen molar-refractivity contribution in [1.29, 1.82) is 0 Å². The third-order valence-electron chi connectivity index (χ3n) is 4.23. The van der Waals surface area contributed by atoms with Gasteiger partial charge in [0.15, 0.2) is 0 Å². The van der Waals surface area contributed by atoms with Crippen molar-refractivity contribution in [2.24, 2.45) is 5.92 Å². The van der Waals surface area contributed by atoms with Crippen LogP contribution in [0.4, 0.5) is 0 Å². The molecule has 0 radical (unpaired) electrons. The molecule has 0 amide bonds. The molecule has 0 bridgehead atoms. The van der Waals surface area contributed by atoms with Gasteiger partial charge in [-0.05, 0) is 31.2 Å². The minimum absolute atomic E-state index is 0.178. The van der Waals surface area contributed by atoms with E-state index in [1.54, 1.807) is 0 Å². The lowest BCUT2D eigenvalue weighted by Gasteiger charge is -2.39. The van der Waals surface area contributed by atoms with Crippen LogP contribution in [0.15, 0.2) is 30.3 Å². The Hall–Kier alpha value is -0.900. The number of aliphatic hydroxyl groups excluding tert-OH is 1. The van der Waals surface area contributed by atoms with Crippen LogP contribution in [0.2, 0.25) is 0 Å². The Balaban J connectivity index is 2.01. The summed E-state index contributed by atoms with van der Waals surface area (Å²) in [7, 11) is 0. The van der Waals surface area contributed by atoms with Crippen LogP contribution in [0.3, 0.4) is 0 Å². The highest BCUT2D eigenvalue weighted by Gasteiger charge is 2.31. The lowest BCUT2D eigenvalue weighted by atomic mass is 9.90. The highest BCUT2D eigenvalue weighted by Crippen LogP contribution is 2.26. The number of aliphatic hydroxyl groups is 2. The quantitative estimate of drug-likeness (QED) is 0.873. The molecule has 3 heteroatoms. The summed E-state index contributed by atoms with van der Waals surface area (Å²) in [4.78, 5) is 2.27. The summed E-state index contributed by atoms with van der Waals surface area (Å²) in [6.07, 6.45) is 1.62. The second kappa shape index (κ2) is 6.04. The van der Waals surface area contributed by atoms with Gasteiger partial charge in [-0.15, -0.1) is 0 Å². The number of hydrogen-bond donors (Lipinski definition) is 2. The third-order valence-corrected chi connectivity index (χ3v) is 4.23. The molecule has 1 aromatic carbocycles. The van der Waals surface area contributed by atoms with E-state index in [1.165, 1.54) is 0 Å². The van der Waals surface area contributed by atoms with Crippen molar-refractivity contribution in [2.75, 3.05) is 19.6 Å². The Morgan fingerprint density at radius 1 is 1.32 bits per heavy atom. The zero-order valence-electron chi connectivity index (χ0n) is 11.9. The maximum atomic E-state index is 10.7. The van der Waals surface area contributed by atoms with Gasteiger partial charge in [-0.3, -0.25) is 4.90 Å². The fourth-order valence-electron chi connectivity index (χ4n) is 2.96. The van der Waals surface area contributed by atoms with Gasteiger partial charge in [0.1, 0.15) is 0 Å². The van der Waals surface area contributed by atoms with E-state index in [0.29, 0.717) is 12.5 Å². The molecule has 3 nitrogen and oxygen atoms in total. The second-order valence-corrected chi connectivity index (χ2v) is 5.90. The number of benzene rings is 1. The lowest BCUT2D eigenvalue weighted by Crippen LogP contribution is -2.48. The Bertz CT molecular complexity index is 391. The van der Waals surface area contributed by atoms with E-state index >= 15 is 0 Å². The number of piperidine rings is 1. The lowest BCUT2D eigenvalue weighted by molar-refractivity contribution is -0.0278. The molecular weight excluding hydrogens is 238 g/mol. The highest BCUT2D eigenvalue weighted by atomic mass is 16.3. The van der Waals surface area contributed by atoms with Gasteiger partial charge >= 0.3 is 0 Å². The topological polar surface area (TPSA) is 43.7 Å². The van der Waals surface area contributed by atoms with Crippen molar-refractivity contribution in [3.05, 3.63) is 35.9 Å². The van der Waals surface area contributed by atoms with Gasteiger partial charge in [0.05, 0.1) is 11.7 Å². The molecule has 0 spiro atoms. The fourth-order valence-corrected chi connectivity index (χ4v) is 2.96. The average Bonchev–Trinajstić information content (AvgIpc) is 2.42. The molecule has 19 heavy (non-hydrogen) atoms. The maximum absolute atomic E-state index is 10.7. The van der Waals surface area contributed by atoms with E-state index in [9.17, 15) is 10.2 Å². The maximum Gasteiger partial charge on any atom is 0.0994 e. The molecular formula is C16H25NO2. The summed E-state index contributed by atoms with van der Waals surface area (Å²) in [6.45, 7) is 6.35. The van der Waals surface area contributed by atoms with Crippen LogP contribution in [-0.4, -0.2) is 40.9 Å². The molecule has 1 aliphatic rings. The van der Waals surface area contributed by atoms with E-state index < -0.39 is 5.60 Å². The molecule has 3 atom stereocenters. The monoisotopic (exact) mass is 263 g/mol. The van der Waals surface area contributed by atoms with Gasteiger partial charge in [-0.25, -0.2) is 0 Å². The van der Waals surface area contributed by atoms with Gasteiger partial charge in [0.2, 0.25) is 0 Å². The van der Waals surface area contributed by atoms with Crippen molar-refractivity contribution < 1.29 is 10.2 Å². The van der Waals surface area contributed by atoms with Crippen molar-refractivity contribution in [3.8, 4) is 0 Å².